The highest BCUT2D eigenvalue weighted by Crippen LogP contribution is 2.31. The molecule has 1 aromatic carbocycles. The van der Waals surface area contributed by atoms with Crippen molar-refractivity contribution in [3.05, 3.63) is 48.0 Å². The number of thioether (sulfide) groups is 1. The summed E-state index contributed by atoms with van der Waals surface area (Å²) in [6.45, 7) is 8.83. The third kappa shape index (κ3) is 6.65. The second-order valence-electron chi connectivity index (χ2n) is 6.60. The minimum Gasteiger partial charge on any atom is -0.493 e. The minimum absolute atomic E-state index is 0.0750. The second kappa shape index (κ2) is 12.2. The van der Waals surface area contributed by atoms with Gasteiger partial charge in [0.05, 0.1) is 36.6 Å². The van der Waals surface area contributed by atoms with Gasteiger partial charge in [0.1, 0.15) is 5.75 Å². The van der Waals surface area contributed by atoms with Crippen molar-refractivity contribution in [2.24, 2.45) is 0 Å². The summed E-state index contributed by atoms with van der Waals surface area (Å²) in [5.41, 5.74) is 1.38. The normalized spacial score (nSPS) is 10.6. The zero-order chi connectivity index (χ0) is 23.6. The molecule has 0 unspecified atom stereocenters. The number of rotatable bonds is 12. The molecular weight excluding hydrogens is 462 g/mol. The van der Waals surface area contributed by atoms with Crippen LogP contribution in [0.5, 0.6) is 5.75 Å². The molecule has 2 heterocycles. The van der Waals surface area contributed by atoms with Crippen molar-refractivity contribution in [2.45, 2.75) is 32.0 Å². The molecule has 0 saturated carbocycles. The number of para-hydroxylation sites is 1. The number of hydrogen-bond donors (Lipinski definition) is 1. The highest BCUT2D eigenvalue weighted by atomic mass is 32.2. The molecule has 0 spiro atoms. The van der Waals surface area contributed by atoms with E-state index in [2.05, 4.69) is 27.1 Å². The van der Waals surface area contributed by atoms with Gasteiger partial charge in [0.2, 0.25) is 5.91 Å². The first-order valence-corrected chi connectivity index (χ1v) is 12.2. The Morgan fingerprint density at radius 1 is 1.24 bits per heavy atom. The van der Waals surface area contributed by atoms with E-state index in [1.54, 1.807) is 18.4 Å². The lowest BCUT2D eigenvalue weighted by Crippen LogP contribution is -2.15. The number of ether oxygens (including phenoxy) is 2. The van der Waals surface area contributed by atoms with Gasteiger partial charge in [-0.3, -0.25) is 14.2 Å². The molecule has 0 radical (unpaired) electrons. The first-order chi connectivity index (χ1) is 16.0. The number of hydrogen-bond acceptors (Lipinski definition) is 9. The highest BCUT2D eigenvalue weighted by molar-refractivity contribution is 7.99. The van der Waals surface area contributed by atoms with Crippen LogP contribution in [0.3, 0.4) is 0 Å². The van der Waals surface area contributed by atoms with Gasteiger partial charge in [-0.2, -0.15) is 0 Å². The number of amides is 1. The Bertz CT molecular complexity index is 1110. The number of esters is 1. The predicted molar refractivity (Wildman–Crippen MR) is 129 cm³/mol. The summed E-state index contributed by atoms with van der Waals surface area (Å²) in [6, 6.07) is 7.62. The number of nitrogens with one attached hydrogen (secondary N) is 1. The van der Waals surface area contributed by atoms with Crippen molar-refractivity contribution in [3.63, 3.8) is 0 Å². The Morgan fingerprint density at radius 3 is 2.82 bits per heavy atom. The summed E-state index contributed by atoms with van der Waals surface area (Å²) in [4.78, 5) is 28.3. The smallest absolute Gasteiger partial charge is 0.311 e. The maximum atomic E-state index is 12.5. The maximum Gasteiger partial charge on any atom is 0.311 e. The van der Waals surface area contributed by atoms with Crippen molar-refractivity contribution in [2.75, 3.05) is 24.3 Å². The van der Waals surface area contributed by atoms with Crippen LogP contribution >= 0.6 is 23.1 Å². The summed E-state index contributed by atoms with van der Waals surface area (Å²) in [7, 11) is 0. The summed E-state index contributed by atoms with van der Waals surface area (Å²) in [5.74, 6) is 0.899. The molecule has 33 heavy (non-hydrogen) atoms. The van der Waals surface area contributed by atoms with E-state index in [0.717, 1.165) is 11.3 Å². The monoisotopic (exact) mass is 487 g/mol. The Balaban J connectivity index is 1.66. The molecule has 1 N–H and O–H groups in total. The molecule has 0 aliphatic heterocycles. The fraction of sp³-hybridized carbons (Fsp3) is 0.318. The lowest BCUT2D eigenvalue weighted by Gasteiger charge is -2.11. The number of carbonyl (C=O) groups is 2. The molecule has 0 atom stereocenters. The van der Waals surface area contributed by atoms with Crippen LogP contribution in [-0.4, -0.2) is 50.6 Å². The van der Waals surface area contributed by atoms with Crippen molar-refractivity contribution in [1.29, 1.82) is 0 Å². The van der Waals surface area contributed by atoms with Gasteiger partial charge in [0, 0.05) is 11.9 Å². The molecule has 3 rings (SSSR count). The number of thiazole rings is 1. The molecule has 0 aliphatic rings. The molecule has 0 bridgehead atoms. The topological polar surface area (TPSA) is 108 Å². The third-order valence-corrected chi connectivity index (χ3v) is 5.99. The van der Waals surface area contributed by atoms with E-state index in [4.69, 9.17) is 9.47 Å². The van der Waals surface area contributed by atoms with Gasteiger partial charge in [-0.05, 0) is 26.0 Å². The Labute approximate surface area is 200 Å². The molecule has 11 heteroatoms. The SMILES string of the molecule is C=CCn1c(SCC(=O)Nc2nc(CC(=O)OCC)cs2)nnc1-c1ccccc1OCC. The van der Waals surface area contributed by atoms with E-state index in [1.807, 2.05) is 35.8 Å². The zero-order valence-corrected chi connectivity index (χ0v) is 20.1. The van der Waals surface area contributed by atoms with E-state index in [-0.39, 0.29) is 24.1 Å². The molecular formula is C22H25N5O4S2. The average Bonchev–Trinajstić information content (AvgIpc) is 3.40. The van der Waals surface area contributed by atoms with Crippen molar-refractivity contribution in [3.8, 4) is 17.1 Å². The number of carbonyl (C=O) groups excluding carboxylic acids is 2. The van der Waals surface area contributed by atoms with Crippen LogP contribution in [0.15, 0.2) is 47.5 Å². The third-order valence-electron chi connectivity index (χ3n) is 4.22. The van der Waals surface area contributed by atoms with Crippen LogP contribution in [0.4, 0.5) is 5.13 Å². The first-order valence-electron chi connectivity index (χ1n) is 10.3. The van der Waals surface area contributed by atoms with E-state index in [9.17, 15) is 9.59 Å². The molecule has 0 saturated heterocycles. The predicted octanol–water partition coefficient (Wildman–Crippen LogP) is 3.82. The van der Waals surface area contributed by atoms with Crippen LogP contribution < -0.4 is 10.1 Å². The molecule has 1 amide bonds. The highest BCUT2D eigenvalue weighted by Gasteiger charge is 2.18. The summed E-state index contributed by atoms with van der Waals surface area (Å²) >= 11 is 2.52. The number of benzene rings is 1. The Hall–Kier alpha value is -3.18. The molecule has 2 aromatic heterocycles. The molecule has 0 fully saturated rings. The summed E-state index contributed by atoms with van der Waals surface area (Å²) in [6.07, 6.45) is 1.83. The van der Waals surface area contributed by atoms with Crippen molar-refractivity contribution in [1.82, 2.24) is 19.7 Å². The zero-order valence-electron chi connectivity index (χ0n) is 18.4. The number of allylic oxidation sites excluding steroid dienone is 1. The van der Waals surface area contributed by atoms with E-state index in [1.165, 1.54) is 23.1 Å². The largest absolute Gasteiger partial charge is 0.493 e. The van der Waals surface area contributed by atoms with Gasteiger partial charge in [-0.1, -0.05) is 30.0 Å². The van der Waals surface area contributed by atoms with Gasteiger partial charge in [-0.15, -0.1) is 28.1 Å². The maximum absolute atomic E-state index is 12.5. The summed E-state index contributed by atoms with van der Waals surface area (Å²) < 4.78 is 12.5. The van der Waals surface area contributed by atoms with Crippen molar-refractivity contribution < 1.29 is 19.1 Å². The standard InChI is InChI=1S/C22H25N5O4S2/c1-4-11-27-20(16-9-7-8-10-17(16)30-5-2)25-26-22(27)33-14-18(28)24-21-23-15(13-32-21)12-19(29)31-6-3/h4,7-10,13H,1,5-6,11-12,14H2,2-3H3,(H,23,24,28). The summed E-state index contributed by atoms with van der Waals surface area (Å²) in [5, 5.41) is 14.1. The van der Waals surface area contributed by atoms with Crippen LogP contribution in [-0.2, 0) is 27.3 Å². The minimum atomic E-state index is -0.348. The number of aromatic nitrogens is 4. The average molecular weight is 488 g/mol. The lowest BCUT2D eigenvalue weighted by molar-refractivity contribution is -0.142. The van der Waals surface area contributed by atoms with Crippen LogP contribution in [0.1, 0.15) is 19.5 Å². The first kappa shape index (κ1) is 24.5. The van der Waals surface area contributed by atoms with Gasteiger partial charge < -0.3 is 14.8 Å². The van der Waals surface area contributed by atoms with E-state index in [0.29, 0.717) is 41.6 Å². The molecule has 3 aromatic rings. The van der Waals surface area contributed by atoms with E-state index >= 15 is 0 Å². The van der Waals surface area contributed by atoms with E-state index < -0.39 is 0 Å². The second-order valence-corrected chi connectivity index (χ2v) is 8.40. The van der Waals surface area contributed by atoms with Gasteiger partial charge >= 0.3 is 5.97 Å². The fourth-order valence-corrected chi connectivity index (χ4v) is 4.39. The number of anilines is 1. The molecule has 0 aliphatic carbocycles. The quantitative estimate of drug-likeness (QED) is 0.233. The Morgan fingerprint density at radius 2 is 2.06 bits per heavy atom. The number of nitrogens with zero attached hydrogens (tertiary/aromatic N) is 4. The van der Waals surface area contributed by atoms with Crippen LogP contribution in [0.25, 0.3) is 11.4 Å². The Kier molecular flexibility index (Phi) is 9.02. The van der Waals surface area contributed by atoms with Gasteiger partial charge in [-0.25, -0.2) is 4.98 Å². The van der Waals surface area contributed by atoms with Gasteiger partial charge in [0.25, 0.3) is 0 Å². The van der Waals surface area contributed by atoms with Gasteiger partial charge in [0.15, 0.2) is 16.1 Å². The van der Waals surface area contributed by atoms with Crippen molar-refractivity contribution >= 4 is 40.1 Å². The lowest BCUT2D eigenvalue weighted by atomic mass is 10.2. The molecule has 174 valence electrons. The van der Waals surface area contributed by atoms with Crippen LogP contribution in [0, 0.1) is 0 Å². The molecule has 9 nitrogen and oxygen atoms in total. The van der Waals surface area contributed by atoms with Crippen LogP contribution in [0.2, 0.25) is 0 Å². The fourth-order valence-electron chi connectivity index (χ4n) is 2.91.